The molecule has 1 heterocycles. The van der Waals surface area contributed by atoms with Crippen LogP contribution in [0.5, 0.6) is 5.88 Å². The molecule has 0 amide bonds. The zero-order valence-corrected chi connectivity index (χ0v) is 13.9. The summed E-state index contributed by atoms with van der Waals surface area (Å²) in [5.74, 6) is 0.556. The number of nitrogens with one attached hydrogen (secondary N) is 1. The summed E-state index contributed by atoms with van der Waals surface area (Å²) in [5, 5.41) is 11.8. The maximum Gasteiger partial charge on any atom is 0.227 e. The molecule has 21 heavy (non-hydrogen) atoms. The molecule has 5 heteroatoms. The van der Waals surface area contributed by atoms with Crippen molar-refractivity contribution in [1.82, 2.24) is 4.98 Å². The number of aliphatic hydroxyl groups is 1. The summed E-state index contributed by atoms with van der Waals surface area (Å²) in [6.07, 6.45) is 5.81. The molecule has 2 rings (SSSR count). The van der Waals surface area contributed by atoms with Crippen molar-refractivity contribution in [3.05, 3.63) is 51.2 Å². The topological polar surface area (TPSA) is 54.4 Å². The van der Waals surface area contributed by atoms with Crippen molar-refractivity contribution in [2.24, 2.45) is 0 Å². The number of anilines is 1. The summed E-state index contributed by atoms with van der Waals surface area (Å²) in [6.45, 7) is 0.248. The van der Waals surface area contributed by atoms with Gasteiger partial charge in [0.2, 0.25) is 5.88 Å². The van der Waals surface area contributed by atoms with Gasteiger partial charge in [0.1, 0.15) is 6.61 Å². The zero-order valence-electron chi connectivity index (χ0n) is 11.7. The number of aliphatic hydroxyl groups excluding tert-OH is 1. The molecule has 1 aromatic heterocycles. The Balaban J connectivity index is 2.07. The Kier molecular flexibility index (Phi) is 6.01. The minimum atomic E-state index is -0.0119. The molecule has 0 fully saturated rings. The van der Waals surface area contributed by atoms with Gasteiger partial charge in [-0.3, -0.25) is 0 Å². The first-order chi connectivity index (χ1) is 10.2. The summed E-state index contributed by atoms with van der Waals surface area (Å²) in [4.78, 5) is 4.25. The smallest absolute Gasteiger partial charge is 0.227 e. The van der Waals surface area contributed by atoms with E-state index in [1.807, 2.05) is 37.4 Å². The number of aromatic nitrogens is 1. The first kappa shape index (κ1) is 15.8. The number of nitrogens with zero attached hydrogens (tertiary/aromatic N) is 1. The van der Waals surface area contributed by atoms with Crippen LogP contribution >= 0.6 is 22.6 Å². The minimum Gasteiger partial charge on any atom is -0.474 e. The summed E-state index contributed by atoms with van der Waals surface area (Å²) >= 11 is 2.18. The van der Waals surface area contributed by atoms with Gasteiger partial charge < -0.3 is 15.2 Å². The second-order valence-electron chi connectivity index (χ2n) is 4.33. The van der Waals surface area contributed by atoms with Crippen LogP contribution in [0.4, 0.5) is 5.69 Å². The van der Waals surface area contributed by atoms with E-state index in [0.29, 0.717) is 5.88 Å². The van der Waals surface area contributed by atoms with E-state index in [-0.39, 0.29) is 13.2 Å². The van der Waals surface area contributed by atoms with Gasteiger partial charge in [-0.25, -0.2) is 4.98 Å². The second-order valence-corrected chi connectivity index (χ2v) is 5.50. The van der Waals surface area contributed by atoms with Crippen LogP contribution in [0.15, 0.2) is 36.5 Å². The molecule has 2 N–H and O–H groups in total. The molecule has 1 aromatic carbocycles. The standard InChI is InChI=1S/C16H17IN2O2/c1-18-14-6-4-12(5-7-14)2-3-13-10-15(17)16(19-11-13)21-9-8-20/h2-7,10-11,18,20H,8-9H2,1H3/b3-2+/i17-2. The number of pyridine rings is 1. The molecule has 110 valence electrons. The van der Waals surface area contributed by atoms with Crippen molar-refractivity contribution in [1.29, 1.82) is 0 Å². The predicted molar refractivity (Wildman–Crippen MR) is 94.5 cm³/mol. The number of halogens is 1. The molecular formula is C16H17IN2O2. The van der Waals surface area contributed by atoms with E-state index >= 15 is 0 Å². The average molecular weight is 394 g/mol. The quantitative estimate of drug-likeness (QED) is 0.739. The van der Waals surface area contributed by atoms with Crippen molar-refractivity contribution in [2.45, 2.75) is 0 Å². The lowest BCUT2D eigenvalue weighted by Gasteiger charge is -2.05. The van der Waals surface area contributed by atoms with Crippen LogP contribution < -0.4 is 10.1 Å². The van der Waals surface area contributed by atoms with Gasteiger partial charge in [-0.15, -0.1) is 0 Å². The zero-order chi connectivity index (χ0) is 15.1. The first-order valence-corrected chi connectivity index (χ1v) is 7.66. The van der Waals surface area contributed by atoms with E-state index in [1.165, 1.54) is 0 Å². The third-order valence-electron chi connectivity index (χ3n) is 2.83. The van der Waals surface area contributed by atoms with E-state index in [0.717, 1.165) is 20.4 Å². The molecule has 0 unspecified atom stereocenters. The molecule has 0 aliphatic rings. The Morgan fingerprint density at radius 1 is 1.24 bits per heavy atom. The molecule has 0 saturated heterocycles. The van der Waals surface area contributed by atoms with E-state index in [4.69, 9.17) is 9.84 Å². The predicted octanol–water partition coefficient (Wildman–Crippen LogP) is 3.27. The Labute approximate surface area is 138 Å². The summed E-state index contributed by atoms with van der Waals surface area (Å²) < 4.78 is 6.25. The fourth-order valence-electron chi connectivity index (χ4n) is 1.73. The molecule has 0 atom stereocenters. The number of hydrogen-bond donors (Lipinski definition) is 2. The third-order valence-corrected chi connectivity index (χ3v) is 3.60. The lowest BCUT2D eigenvalue weighted by molar-refractivity contribution is 0.196. The SMILES string of the molecule is CNc1ccc(/C=C/c2cnc(OCCO)c([125I])c2)cc1. The van der Waals surface area contributed by atoms with Crippen LogP contribution in [-0.4, -0.2) is 30.4 Å². The summed E-state index contributed by atoms with van der Waals surface area (Å²) in [5.41, 5.74) is 3.23. The van der Waals surface area contributed by atoms with Crippen LogP contribution in [0.2, 0.25) is 0 Å². The Morgan fingerprint density at radius 3 is 2.57 bits per heavy atom. The normalized spacial score (nSPS) is 10.8. The number of rotatable bonds is 6. The van der Waals surface area contributed by atoms with Gasteiger partial charge in [-0.05, 0) is 51.9 Å². The van der Waals surface area contributed by atoms with Crippen molar-refractivity contribution in [3.8, 4) is 5.88 Å². The highest BCUT2D eigenvalue weighted by Crippen LogP contribution is 2.20. The van der Waals surface area contributed by atoms with E-state index in [1.54, 1.807) is 6.20 Å². The molecule has 0 aliphatic carbocycles. The molecule has 0 aliphatic heterocycles. The van der Waals surface area contributed by atoms with Gasteiger partial charge in [-0.2, -0.15) is 0 Å². The van der Waals surface area contributed by atoms with Gasteiger partial charge >= 0.3 is 0 Å². The molecule has 0 radical (unpaired) electrons. The summed E-state index contributed by atoms with van der Waals surface area (Å²) in [6, 6.07) is 10.2. The van der Waals surface area contributed by atoms with E-state index < -0.39 is 0 Å². The van der Waals surface area contributed by atoms with Crippen molar-refractivity contribution >= 4 is 40.4 Å². The van der Waals surface area contributed by atoms with E-state index in [2.05, 4.69) is 45.0 Å². The van der Waals surface area contributed by atoms with Crippen molar-refractivity contribution in [3.63, 3.8) is 0 Å². The Hall–Kier alpha value is -1.60. The maximum atomic E-state index is 8.75. The molecule has 2 aromatic rings. The fraction of sp³-hybridized carbons (Fsp3) is 0.188. The highest BCUT2D eigenvalue weighted by molar-refractivity contribution is 14.1. The molecule has 0 bridgehead atoms. The van der Waals surface area contributed by atoms with E-state index in [9.17, 15) is 0 Å². The van der Waals surface area contributed by atoms with Crippen LogP contribution in [0.3, 0.4) is 0 Å². The molecule has 0 saturated carbocycles. The van der Waals surface area contributed by atoms with Crippen LogP contribution in [-0.2, 0) is 0 Å². The minimum absolute atomic E-state index is 0.0119. The van der Waals surface area contributed by atoms with Crippen molar-refractivity contribution < 1.29 is 9.84 Å². The highest BCUT2D eigenvalue weighted by Gasteiger charge is 2.02. The maximum absolute atomic E-state index is 8.75. The lowest BCUT2D eigenvalue weighted by atomic mass is 10.1. The fourth-order valence-corrected chi connectivity index (χ4v) is 2.39. The van der Waals surface area contributed by atoms with Gasteiger partial charge in [0, 0.05) is 18.9 Å². The molecular weight excluding hydrogens is 377 g/mol. The summed E-state index contributed by atoms with van der Waals surface area (Å²) in [7, 11) is 1.90. The van der Waals surface area contributed by atoms with Gasteiger partial charge in [0.25, 0.3) is 0 Å². The number of ether oxygens (including phenoxy) is 1. The lowest BCUT2D eigenvalue weighted by Crippen LogP contribution is -2.04. The number of hydrogen-bond acceptors (Lipinski definition) is 4. The van der Waals surface area contributed by atoms with Gasteiger partial charge in [-0.1, -0.05) is 24.3 Å². The molecule has 4 nitrogen and oxygen atoms in total. The molecule has 0 spiro atoms. The highest BCUT2D eigenvalue weighted by atomic mass is 125. The second kappa shape index (κ2) is 7.99. The van der Waals surface area contributed by atoms with Crippen LogP contribution in [0, 0.1) is 3.57 Å². The third kappa shape index (κ3) is 4.71. The first-order valence-electron chi connectivity index (χ1n) is 6.58. The Morgan fingerprint density at radius 2 is 1.95 bits per heavy atom. The van der Waals surface area contributed by atoms with Crippen LogP contribution in [0.25, 0.3) is 12.2 Å². The van der Waals surface area contributed by atoms with Gasteiger partial charge in [0.15, 0.2) is 0 Å². The van der Waals surface area contributed by atoms with Crippen molar-refractivity contribution in [2.75, 3.05) is 25.6 Å². The van der Waals surface area contributed by atoms with Crippen LogP contribution in [0.1, 0.15) is 11.1 Å². The number of benzene rings is 1. The monoisotopic (exact) mass is 394 g/mol. The largest absolute Gasteiger partial charge is 0.474 e. The van der Waals surface area contributed by atoms with Gasteiger partial charge in [0.05, 0.1) is 10.2 Å². The average Bonchev–Trinajstić information content (AvgIpc) is 2.52. The Bertz CT molecular complexity index is 612.